The van der Waals surface area contributed by atoms with Crippen molar-refractivity contribution in [1.82, 2.24) is 15.2 Å². The van der Waals surface area contributed by atoms with E-state index in [4.69, 9.17) is 11.6 Å². The van der Waals surface area contributed by atoms with Gasteiger partial charge in [-0.25, -0.2) is 4.98 Å². The summed E-state index contributed by atoms with van der Waals surface area (Å²) in [6.07, 6.45) is 3.43. The minimum absolute atomic E-state index is 0.204. The van der Waals surface area contributed by atoms with Gasteiger partial charge in [0.2, 0.25) is 0 Å². The molecule has 1 aliphatic rings. The van der Waals surface area contributed by atoms with E-state index in [0.29, 0.717) is 23.3 Å². The number of piperidine rings is 1. The number of carbonyl (C=O) groups is 1. The number of nitrogens with one attached hydrogen (secondary N) is 2. The van der Waals surface area contributed by atoms with Gasteiger partial charge in [0, 0.05) is 13.6 Å². The topological polar surface area (TPSA) is 57.3 Å². The van der Waals surface area contributed by atoms with Crippen molar-refractivity contribution in [1.29, 1.82) is 0 Å². The van der Waals surface area contributed by atoms with E-state index in [1.54, 1.807) is 19.2 Å². The molecule has 0 saturated carbocycles. The van der Waals surface area contributed by atoms with Crippen molar-refractivity contribution < 1.29 is 4.79 Å². The highest BCUT2D eigenvalue weighted by Crippen LogP contribution is 2.19. The van der Waals surface area contributed by atoms with Gasteiger partial charge >= 0.3 is 0 Å². The number of pyridine rings is 1. The Balaban J connectivity index is 1.82. The van der Waals surface area contributed by atoms with Crippen LogP contribution >= 0.6 is 11.6 Å². The molecular formula is C15H23ClN4O. The maximum Gasteiger partial charge on any atom is 0.271 e. The van der Waals surface area contributed by atoms with Crippen LogP contribution in [-0.4, -0.2) is 49.5 Å². The smallest absolute Gasteiger partial charge is 0.271 e. The predicted octanol–water partition coefficient (Wildman–Crippen LogP) is 2.24. The van der Waals surface area contributed by atoms with Crippen LogP contribution in [-0.2, 0) is 0 Å². The second kappa shape index (κ2) is 7.61. The Bertz CT molecular complexity index is 487. The van der Waals surface area contributed by atoms with Gasteiger partial charge in [0.15, 0.2) is 0 Å². The van der Waals surface area contributed by atoms with Crippen LogP contribution in [0.4, 0.5) is 5.82 Å². The molecule has 6 heteroatoms. The summed E-state index contributed by atoms with van der Waals surface area (Å²) >= 11 is 6.04. The normalized spacial score (nSPS) is 16.7. The maximum absolute atomic E-state index is 12.1. The van der Waals surface area contributed by atoms with E-state index in [-0.39, 0.29) is 11.6 Å². The molecule has 0 spiro atoms. The summed E-state index contributed by atoms with van der Waals surface area (Å²) in [6.45, 7) is 2.97. The predicted molar refractivity (Wildman–Crippen MR) is 86.0 cm³/mol. The molecule has 2 N–H and O–H groups in total. The zero-order chi connectivity index (χ0) is 15.2. The Morgan fingerprint density at radius 3 is 2.81 bits per heavy atom. The average Bonchev–Trinajstić information content (AvgIpc) is 2.49. The van der Waals surface area contributed by atoms with Crippen LogP contribution in [0, 0.1) is 5.92 Å². The maximum atomic E-state index is 12.1. The lowest BCUT2D eigenvalue weighted by Gasteiger charge is -2.28. The first-order valence-electron chi connectivity index (χ1n) is 7.41. The number of likely N-dealkylation sites (tertiary alicyclic amines) is 1. The highest BCUT2D eigenvalue weighted by atomic mass is 35.5. The Morgan fingerprint density at radius 1 is 1.43 bits per heavy atom. The molecule has 1 aliphatic heterocycles. The van der Waals surface area contributed by atoms with Crippen molar-refractivity contribution in [3.8, 4) is 0 Å². The number of halogens is 1. The number of rotatable bonds is 5. The van der Waals surface area contributed by atoms with E-state index in [9.17, 15) is 4.79 Å². The Hall–Kier alpha value is -1.33. The summed E-state index contributed by atoms with van der Waals surface area (Å²) in [5.74, 6) is 1.14. The first-order chi connectivity index (χ1) is 10.1. The second-order valence-electron chi connectivity index (χ2n) is 5.57. The quantitative estimate of drug-likeness (QED) is 0.876. The first-order valence-corrected chi connectivity index (χ1v) is 7.79. The highest BCUT2D eigenvalue weighted by molar-refractivity contribution is 6.33. The summed E-state index contributed by atoms with van der Waals surface area (Å²) in [5.41, 5.74) is 0.284. The largest absolute Gasteiger partial charge is 0.373 e. The van der Waals surface area contributed by atoms with Gasteiger partial charge in [0.25, 0.3) is 5.91 Å². The molecule has 0 bridgehead atoms. The van der Waals surface area contributed by atoms with Gasteiger partial charge in [0.1, 0.15) is 11.5 Å². The average molecular weight is 311 g/mol. The number of aromatic nitrogens is 1. The van der Waals surface area contributed by atoms with Crippen LogP contribution in [0.25, 0.3) is 0 Å². The summed E-state index contributed by atoms with van der Waals surface area (Å²) in [4.78, 5) is 18.7. The molecule has 0 radical (unpaired) electrons. The van der Waals surface area contributed by atoms with Crippen molar-refractivity contribution in [3.05, 3.63) is 22.8 Å². The molecule has 0 aromatic carbocycles. The molecule has 2 rings (SSSR count). The van der Waals surface area contributed by atoms with E-state index >= 15 is 0 Å². The fourth-order valence-corrected chi connectivity index (χ4v) is 2.76. The van der Waals surface area contributed by atoms with E-state index in [0.717, 1.165) is 19.5 Å². The van der Waals surface area contributed by atoms with Crippen molar-refractivity contribution >= 4 is 23.3 Å². The molecule has 1 fully saturated rings. The molecule has 0 atom stereocenters. The first kappa shape index (κ1) is 16.0. The van der Waals surface area contributed by atoms with Gasteiger partial charge in [-0.3, -0.25) is 4.79 Å². The van der Waals surface area contributed by atoms with Crippen molar-refractivity contribution in [3.63, 3.8) is 0 Å². The Labute approximate surface area is 131 Å². The lowest BCUT2D eigenvalue weighted by atomic mass is 9.94. The molecular weight excluding hydrogens is 288 g/mol. The van der Waals surface area contributed by atoms with Crippen LogP contribution in [0.1, 0.15) is 29.8 Å². The molecule has 1 saturated heterocycles. The van der Waals surface area contributed by atoms with E-state index in [1.165, 1.54) is 12.8 Å². The molecule has 1 aromatic rings. The molecule has 21 heavy (non-hydrogen) atoms. The number of nitrogens with zero attached hydrogens (tertiary/aromatic N) is 2. The summed E-state index contributed by atoms with van der Waals surface area (Å²) in [6, 6.07) is 3.43. The van der Waals surface area contributed by atoms with Crippen molar-refractivity contribution in [2.45, 2.75) is 19.3 Å². The van der Waals surface area contributed by atoms with Crippen LogP contribution in [0.3, 0.4) is 0 Å². The molecule has 2 heterocycles. The zero-order valence-corrected chi connectivity index (χ0v) is 13.4. The van der Waals surface area contributed by atoms with Crippen LogP contribution in [0.5, 0.6) is 0 Å². The highest BCUT2D eigenvalue weighted by Gasteiger charge is 2.17. The molecule has 1 amide bonds. The zero-order valence-electron chi connectivity index (χ0n) is 12.7. The van der Waals surface area contributed by atoms with E-state index in [1.807, 2.05) is 0 Å². The summed E-state index contributed by atoms with van der Waals surface area (Å²) in [5, 5.41) is 6.21. The van der Waals surface area contributed by atoms with Gasteiger partial charge < -0.3 is 15.5 Å². The lowest BCUT2D eigenvalue weighted by Crippen LogP contribution is -2.33. The minimum atomic E-state index is -0.204. The third-order valence-electron chi connectivity index (χ3n) is 3.99. The lowest BCUT2D eigenvalue weighted by molar-refractivity contribution is 0.0944. The third-order valence-corrected chi connectivity index (χ3v) is 4.30. The molecule has 0 unspecified atom stereocenters. The van der Waals surface area contributed by atoms with Gasteiger partial charge in [-0.15, -0.1) is 0 Å². The number of hydrogen-bond donors (Lipinski definition) is 2. The van der Waals surface area contributed by atoms with Crippen LogP contribution in [0.2, 0.25) is 5.02 Å². The summed E-state index contributed by atoms with van der Waals surface area (Å²) < 4.78 is 0. The van der Waals surface area contributed by atoms with E-state index < -0.39 is 0 Å². The molecule has 116 valence electrons. The molecule has 1 aromatic heterocycles. The number of hydrogen-bond acceptors (Lipinski definition) is 4. The third kappa shape index (κ3) is 4.58. The van der Waals surface area contributed by atoms with Gasteiger partial charge in [-0.2, -0.15) is 0 Å². The van der Waals surface area contributed by atoms with Gasteiger partial charge in [-0.05, 0) is 57.5 Å². The molecule has 5 nitrogen and oxygen atoms in total. The van der Waals surface area contributed by atoms with Crippen molar-refractivity contribution in [2.75, 3.05) is 39.0 Å². The number of anilines is 1. The van der Waals surface area contributed by atoms with Crippen LogP contribution < -0.4 is 10.6 Å². The minimum Gasteiger partial charge on any atom is -0.373 e. The Kier molecular flexibility index (Phi) is 5.82. The van der Waals surface area contributed by atoms with E-state index in [2.05, 4.69) is 27.6 Å². The molecule has 0 aliphatic carbocycles. The van der Waals surface area contributed by atoms with Crippen LogP contribution in [0.15, 0.2) is 12.1 Å². The second-order valence-corrected chi connectivity index (χ2v) is 5.98. The number of amides is 1. The SMILES string of the molecule is CNc1ccc(Cl)c(C(=O)NCCC2CCN(C)CC2)n1. The fraction of sp³-hybridized carbons (Fsp3) is 0.600. The number of carbonyl (C=O) groups excluding carboxylic acids is 1. The monoisotopic (exact) mass is 310 g/mol. The Morgan fingerprint density at radius 2 is 2.14 bits per heavy atom. The van der Waals surface area contributed by atoms with Crippen molar-refractivity contribution in [2.24, 2.45) is 5.92 Å². The summed E-state index contributed by atoms with van der Waals surface area (Å²) in [7, 11) is 3.92. The fourth-order valence-electron chi connectivity index (χ4n) is 2.56. The van der Waals surface area contributed by atoms with Gasteiger partial charge in [-0.1, -0.05) is 11.6 Å². The van der Waals surface area contributed by atoms with Gasteiger partial charge in [0.05, 0.1) is 5.02 Å². The standard InChI is InChI=1S/C15H23ClN4O/c1-17-13-4-3-12(16)14(19-13)15(21)18-8-5-11-6-9-20(2)10-7-11/h3-4,11H,5-10H2,1-2H3,(H,17,19)(H,18,21).